The Labute approximate surface area is 221 Å². The highest BCUT2D eigenvalue weighted by Gasteiger charge is 2.33. The molecule has 1 unspecified atom stereocenters. The summed E-state index contributed by atoms with van der Waals surface area (Å²) in [6.45, 7) is 5.06. The van der Waals surface area contributed by atoms with Crippen LogP contribution in [-0.2, 0) is 4.79 Å². The topological polar surface area (TPSA) is 51.3 Å². The molecule has 1 atom stereocenters. The quantitative estimate of drug-likeness (QED) is 0.169. The summed E-state index contributed by atoms with van der Waals surface area (Å²) in [4.78, 5) is 15.8. The number of para-hydroxylation sites is 2. The van der Waals surface area contributed by atoms with Crippen molar-refractivity contribution < 1.29 is 9.21 Å². The molecule has 5 rings (SSSR count). The van der Waals surface area contributed by atoms with E-state index in [4.69, 9.17) is 21.7 Å². The Hall–Kier alpha value is -3.16. The van der Waals surface area contributed by atoms with Gasteiger partial charge in [0.15, 0.2) is 5.76 Å². The Bertz CT molecular complexity index is 1390. The maximum absolute atomic E-state index is 13.4. The molecule has 0 radical (unpaired) electrons. The van der Waals surface area contributed by atoms with Gasteiger partial charge in [0.2, 0.25) is 0 Å². The SMILES string of the molecule is CCCCC(CC)CN1C(=O)C(=Cc2cn(-c3ccccc3)nc2-c2cc3ccccc3o2)SC1=S. The highest BCUT2D eigenvalue weighted by molar-refractivity contribution is 8.26. The molecule has 36 heavy (non-hydrogen) atoms. The first-order chi connectivity index (χ1) is 17.6. The van der Waals surface area contributed by atoms with E-state index in [-0.39, 0.29) is 5.91 Å². The van der Waals surface area contributed by atoms with Crippen molar-refractivity contribution in [3.63, 3.8) is 0 Å². The van der Waals surface area contributed by atoms with Gasteiger partial charge >= 0.3 is 0 Å². The first-order valence-corrected chi connectivity index (χ1v) is 13.7. The number of benzene rings is 2. The number of nitrogens with zero attached hydrogens (tertiary/aromatic N) is 3. The van der Waals surface area contributed by atoms with Crippen molar-refractivity contribution in [3.8, 4) is 17.1 Å². The number of thioether (sulfide) groups is 1. The lowest BCUT2D eigenvalue weighted by Gasteiger charge is -2.21. The molecule has 2 aromatic carbocycles. The van der Waals surface area contributed by atoms with E-state index >= 15 is 0 Å². The number of unbranched alkanes of at least 4 members (excludes halogenated alkanes) is 1. The molecule has 184 valence electrons. The Morgan fingerprint density at radius 1 is 1.11 bits per heavy atom. The van der Waals surface area contributed by atoms with Crippen molar-refractivity contribution in [1.82, 2.24) is 14.7 Å². The molecule has 0 N–H and O–H groups in total. The van der Waals surface area contributed by atoms with E-state index < -0.39 is 0 Å². The zero-order valence-electron chi connectivity index (χ0n) is 20.5. The third-order valence-corrected chi connectivity index (χ3v) is 7.94. The van der Waals surface area contributed by atoms with Crippen molar-refractivity contribution >= 4 is 51.3 Å². The molecule has 1 amide bonds. The normalized spacial score (nSPS) is 15.9. The minimum atomic E-state index is -0.0250. The molecule has 4 aromatic rings. The van der Waals surface area contributed by atoms with Crippen LogP contribution in [0.2, 0.25) is 0 Å². The zero-order valence-corrected chi connectivity index (χ0v) is 22.1. The van der Waals surface area contributed by atoms with Crippen LogP contribution in [0.5, 0.6) is 0 Å². The van der Waals surface area contributed by atoms with E-state index in [0.717, 1.165) is 41.5 Å². The average Bonchev–Trinajstić information content (AvgIpc) is 3.59. The molecule has 0 saturated carbocycles. The largest absolute Gasteiger partial charge is 0.454 e. The fraction of sp³-hybridized carbons (Fsp3) is 0.276. The number of amides is 1. The summed E-state index contributed by atoms with van der Waals surface area (Å²) in [6, 6.07) is 19.8. The van der Waals surface area contributed by atoms with Gasteiger partial charge in [0.1, 0.15) is 15.6 Å². The number of hydrogen-bond donors (Lipinski definition) is 0. The maximum atomic E-state index is 13.4. The third kappa shape index (κ3) is 5.04. The van der Waals surface area contributed by atoms with Gasteiger partial charge in [0.25, 0.3) is 5.91 Å². The molecule has 3 heterocycles. The van der Waals surface area contributed by atoms with Gasteiger partial charge in [-0.1, -0.05) is 93.5 Å². The summed E-state index contributed by atoms with van der Waals surface area (Å²) in [5, 5.41) is 5.87. The highest BCUT2D eigenvalue weighted by Crippen LogP contribution is 2.37. The smallest absolute Gasteiger partial charge is 0.266 e. The lowest BCUT2D eigenvalue weighted by Crippen LogP contribution is -2.33. The Morgan fingerprint density at radius 3 is 2.64 bits per heavy atom. The molecular weight excluding hydrogens is 486 g/mol. The van der Waals surface area contributed by atoms with Crippen molar-refractivity contribution in [2.75, 3.05) is 6.54 Å². The molecule has 0 aliphatic carbocycles. The lowest BCUT2D eigenvalue weighted by molar-refractivity contribution is -0.122. The lowest BCUT2D eigenvalue weighted by atomic mass is 9.99. The second-order valence-corrected chi connectivity index (χ2v) is 10.7. The number of furan rings is 1. The van der Waals surface area contributed by atoms with Crippen molar-refractivity contribution in [2.24, 2.45) is 5.92 Å². The van der Waals surface area contributed by atoms with E-state index in [2.05, 4.69) is 13.8 Å². The monoisotopic (exact) mass is 515 g/mol. The van der Waals surface area contributed by atoms with Crippen LogP contribution in [0.4, 0.5) is 0 Å². The first-order valence-electron chi connectivity index (χ1n) is 12.5. The zero-order chi connectivity index (χ0) is 25.1. The fourth-order valence-corrected chi connectivity index (χ4v) is 5.74. The number of aromatic nitrogens is 2. The van der Waals surface area contributed by atoms with Crippen LogP contribution >= 0.6 is 24.0 Å². The summed E-state index contributed by atoms with van der Waals surface area (Å²) >= 11 is 7.00. The number of carbonyl (C=O) groups is 1. The fourth-order valence-electron chi connectivity index (χ4n) is 4.47. The summed E-state index contributed by atoms with van der Waals surface area (Å²) in [7, 11) is 0. The second kappa shape index (κ2) is 10.8. The molecule has 5 nitrogen and oxygen atoms in total. The molecule has 7 heteroatoms. The molecular formula is C29H29N3O2S2. The van der Waals surface area contributed by atoms with Gasteiger partial charge in [0.05, 0.1) is 10.6 Å². The van der Waals surface area contributed by atoms with E-state index in [1.807, 2.05) is 77.6 Å². The van der Waals surface area contributed by atoms with E-state index in [1.165, 1.54) is 18.2 Å². The predicted octanol–water partition coefficient (Wildman–Crippen LogP) is 7.70. The van der Waals surface area contributed by atoms with Gasteiger partial charge < -0.3 is 4.42 Å². The Morgan fingerprint density at radius 2 is 1.89 bits per heavy atom. The van der Waals surface area contributed by atoms with Crippen LogP contribution in [0, 0.1) is 5.92 Å². The van der Waals surface area contributed by atoms with Crippen LogP contribution < -0.4 is 0 Å². The summed E-state index contributed by atoms with van der Waals surface area (Å²) in [6.07, 6.45) is 8.33. The minimum Gasteiger partial charge on any atom is -0.454 e. The van der Waals surface area contributed by atoms with Crippen LogP contribution in [-0.4, -0.2) is 31.5 Å². The Kier molecular flexibility index (Phi) is 7.39. The van der Waals surface area contributed by atoms with Gasteiger partial charge in [-0.2, -0.15) is 5.10 Å². The molecule has 0 bridgehead atoms. The van der Waals surface area contributed by atoms with Gasteiger partial charge in [-0.05, 0) is 42.7 Å². The number of fused-ring (bicyclic) bond motifs is 1. The minimum absolute atomic E-state index is 0.0250. The van der Waals surface area contributed by atoms with Crippen molar-refractivity contribution in [2.45, 2.75) is 39.5 Å². The van der Waals surface area contributed by atoms with Crippen LogP contribution in [0.25, 0.3) is 34.2 Å². The average molecular weight is 516 g/mol. The van der Waals surface area contributed by atoms with Crippen molar-refractivity contribution in [1.29, 1.82) is 0 Å². The Balaban J connectivity index is 1.51. The van der Waals surface area contributed by atoms with Gasteiger partial charge in [-0.3, -0.25) is 9.69 Å². The molecule has 1 aliphatic rings. The number of rotatable bonds is 9. The molecule has 0 spiro atoms. The summed E-state index contributed by atoms with van der Waals surface area (Å²) in [5.41, 5.74) is 3.24. The number of thiocarbonyl (C=S) groups is 1. The molecule has 1 aliphatic heterocycles. The maximum Gasteiger partial charge on any atom is 0.266 e. The molecule has 2 aromatic heterocycles. The first kappa shape index (κ1) is 24.5. The summed E-state index contributed by atoms with van der Waals surface area (Å²) < 4.78 is 8.60. The van der Waals surface area contributed by atoms with Gasteiger partial charge in [-0.25, -0.2) is 4.68 Å². The third-order valence-electron chi connectivity index (χ3n) is 6.57. The number of carbonyl (C=O) groups excluding carboxylic acids is 1. The van der Waals surface area contributed by atoms with E-state index in [9.17, 15) is 4.79 Å². The van der Waals surface area contributed by atoms with Gasteiger partial charge in [0, 0.05) is 23.7 Å². The van der Waals surface area contributed by atoms with Crippen LogP contribution in [0.3, 0.4) is 0 Å². The van der Waals surface area contributed by atoms with Crippen molar-refractivity contribution in [3.05, 3.63) is 77.3 Å². The summed E-state index contributed by atoms with van der Waals surface area (Å²) in [5.74, 6) is 1.10. The molecule has 1 saturated heterocycles. The second-order valence-electron chi connectivity index (χ2n) is 9.07. The van der Waals surface area contributed by atoms with Crippen LogP contribution in [0.1, 0.15) is 45.1 Å². The standard InChI is InChI=1S/C29H29N3O2S2/c1-3-5-11-20(4-2)18-31-28(33)26(36-29(31)35)17-22-19-32(23-13-7-6-8-14-23)30-27(22)25-16-21-12-9-10-15-24(21)34-25/h6-10,12-17,19-20H,3-5,11,18H2,1-2H3. The van der Waals surface area contributed by atoms with E-state index in [0.29, 0.717) is 33.1 Å². The van der Waals surface area contributed by atoms with Crippen LogP contribution in [0.15, 0.2) is 76.2 Å². The highest BCUT2D eigenvalue weighted by atomic mass is 32.2. The van der Waals surface area contributed by atoms with E-state index in [1.54, 1.807) is 4.90 Å². The molecule has 1 fully saturated rings. The van der Waals surface area contributed by atoms with Gasteiger partial charge in [-0.15, -0.1) is 0 Å². The predicted molar refractivity (Wildman–Crippen MR) is 152 cm³/mol. The number of hydrogen-bond acceptors (Lipinski definition) is 5.